The van der Waals surface area contributed by atoms with Gasteiger partial charge in [0.05, 0.1) is 0 Å². The zero-order valence-corrected chi connectivity index (χ0v) is 13.4. The Morgan fingerprint density at radius 2 is 2.10 bits per heavy atom. The summed E-state index contributed by atoms with van der Waals surface area (Å²) in [5.74, 6) is -0.419. The molecular weight excluding hydrogens is 268 g/mol. The molecule has 21 heavy (non-hydrogen) atoms. The molecule has 2 rings (SSSR count). The van der Waals surface area contributed by atoms with Crippen LogP contribution in [-0.2, 0) is 9.53 Å². The number of carbonyl (C=O) groups is 1. The van der Waals surface area contributed by atoms with E-state index in [2.05, 4.69) is 17.3 Å². The highest BCUT2D eigenvalue weighted by atomic mass is 16.5. The lowest BCUT2D eigenvalue weighted by Gasteiger charge is -2.35. The van der Waals surface area contributed by atoms with Gasteiger partial charge in [-0.25, -0.2) is 0 Å². The summed E-state index contributed by atoms with van der Waals surface area (Å²) in [6, 6.07) is 0.596. The Balaban J connectivity index is 1.89. The predicted octanol–water partition coefficient (Wildman–Crippen LogP) is 1.72. The van der Waals surface area contributed by atoms with Crippen LogP contribution in [-0.4, -0.2) is 60.9 Å². The second-order valence-corrected chi connectivity index (χ2v) is 6.51. The highest BCUT2D eigenvalue weighted by molar-refractivity contribution is 5.79. The first-order valence-corrected chi connectivity index (χ1v) is 8.36. The molecular formula is C16H30N2O3. The van der Waals surface area contributed by atoms with Gasteiger partial charge >= 0.3 is 5.97 Å². The Bertz CT molecular complexity index is 344. The molecule has 2 atom stereocenters. The molecule has 5 nitrogen and oxygen atoms in total. The highest BCUT2D eigenvalue weighted by Crippen LogP contribution is 2.38. The van der Waals surface area contributed by atoms with E-state index in [1.54, 1.807) is 0 Å². The zero-order valence-electron chi connectivity index (χ0n) is 13.4. The summed E-state index contributed by atoms with van der Waals surface area (Å²) in [7, 11) is 2.17. The van der Waals surface area contributed by atoms with Crippen molar-refractivity contribution in [1.82, 2.24) is 10.2 Å². The van der Waals surface area contributed by atoms with Crippen molar-refractivity contribution in [3.8, 4) is 0 Å². The maximum Gasteiger partial charge on any atom is 0.324 e. The lowest BCUT2D eigenvalue weighted by molar-refractivity contribution is -0.146. The van der Waals surface area contributed by atoms with E-state index in [0.717, 1.165) is 64.8 Å². The Kier molecular flexibility index (Phi) is 6.02. The maximum absolute atomic E-state index is 11.8. The van der Waals surface area contributed by atoms with Gasteiger partial charge in [0.25, 0.3) is 0 Å². The van der Waals surface area contributed by atoms with Crippen molar-refractivity contribution in [3.05, 3.63) is 0 Å². The quantitative estimate of drug-likeness (QED) is 0.749. The van der Waals surface area contributed by atoms with Crippen LogP contribution < -0.4 is 5.32 Å². The molecule has 0 radical (unpaired) electrons. The number of hydrogen-bond acceptors (Lipinski definition) is 4. The van der Waals surface area contributed by atoms with Gasteiger partial charge in [-0.1, -0.05) is 13.3 Å². The van der Waals surface area contributed by atoms with Gasteiger partial charge in [-0.3, -0.25) is 4.79 Å². The number of carboxylic acids is 1. The summed E-state index contributed by atoms with van der Waals surface area (Å²) in [6.07, 6.45) is 5.97. The van der Waals surface area contributed by atoms with Crippen molar-refractivity contribution < 1.29 is 14.6 Å². The molecule has 0 aromatic carbocycles. The minimum absolute atomic E-state index is 0.247. The van der Waals surface area contributed by atoms with E-state index in [-0.39, 0.29) is 5.92 Å². The number of carboxylic acid groups (broad SMARTS) is 1. The fraction of sp³-hybridized carbons (Fsp3) is 0.938. The molecule has 2 unspecified atom stereocenters. The van der Waals surface area contributed by atoms with E-state index in [0.29, 0.717) is 6.04 Å². The van der Waals surface area contributed by atoms with Gasteiger partial charge in [0, 0.05) is 19.3 Å². The number of ether oxygens (including phenoxy) is 1. The Morgan fingerprint density at radius 3 is 2.71 bits per heavy atom. The summed E-state index contributed by atoms with van der Waals surface area (Å²) in [6.45, 7) is 5.41. The van der Waals surface area contributed by atoms with Crippen LogP contribution in [0.15, 0.2) is 0 Å². The normalized spacial score (nSPS) is 30.9. The molecule has 1 heterocycles. The maximum atomic E-state index is 11.8. The van der Waals surface area contributed by atoms with Crippen LogP contribution in [0.2, 0.25) is 0 Å². The van der Waals surface area contributed by atoms with E-state index >= 15 is 0 Å². The molecule has 1 saturated carbocycles. The molecule has 2 fully saturated rings. The van der Waals surface area contributed by atoms with Crippen molar-refractivity contribution in [2.24, 2.45) is 5.92 Å². The number of hydrogen-bond donors (Lipinski definition) is 2. The first-order chi connectivity index (χ1) is 10.1. The molecule has 1 aliphatic carbocycles. The number of likely N-dealkylation sites (N-methyl/N-ethyl adjacent to an activating group) is 1. The summed E-state index contributed by atoms with van der Waals surface area (Å²) in [5.41, 5.74) is -0.689. The van der Waals surface area contributed by atoms with Crippen LogP contribution in [0.5, 0.6) is 0 Å². The number of nitrogens with one attached hydrogen (secondary N) is 1. The smallest absolute Gasteiger partial charge is 0.324 e. The molecule has 0 spiro atoms. The van der Waals surface area contributed by atoms with Crippen molar-refractivity contribution in [2.45, 2.75) is 57.0 Å². The van der Waals surface area contributed by atoms with E-state index in [1.807, 2.05) is 6.92 Å². The van der Waals surface area contributed by atoms with E-state index < -0.39 is 11.5 Å². The van der Waals surface area contributed by atoms with Gasteiger partial charge < -0.3 is 20.1 Å². The molecule has 0 amide bonds. The average Bonchev–Trinajstić information content (AvgIpc) is 2.90. The summed E-state index contributed by atoms with van der Waals surface area (Å²) in [4.78, 5) is 14.2. The van der Waals surface area contributed by atoms with Gasteiger partial charge in [0.15, 0.2) is 0 Å². The van der Waals surface area contributed by atoms with Crippen molar-refractivity contribution in [1.29, 1.82) is 0 Å². The Hall–Kier alpha value is -0.650. The molecule has 1 saturated heterocycles. The van der Waals surface area contributed by atoms with Crippen LogP contribution in [0.25, 0.3) is 0 Å². The monoisotopic (exact) mass is 298 g/mol. The third-order valence-electron chi connectivity index (χ3n) is 5.34. The summed E-state index contributed by atoms with van der Waals surface area (Å²) >= 11 is 0. The Labute approximate surface area is 128 Å². The third-order valence-corrected chi connectivity index (χ3v) is 5.34. The first-order valence-electron chi connectivity index (χ1n) is 8.36. The molecule has 5 heteroatoms. The topological polar surface area (TPSA) is 61.8 Å². The molecule has 2 aliphatic rings. The van der Waals surface area contributed by atoms with Gasteiger partial charge in [0.2, 0.25) is 0 Å². The SMILES string of the molecule is CCNC1(C(=O)O)CCCC1CCN(C)C1CCOCC1. The van der Waals surface area contributed by atoms with E-state index in [1.165, 1.54) is 0 Å². The second kappa shape index (κ2) is 7.56. The lowest BCUT2D eigenvalue weighted by Crippen LogP contribution is -2.55. The lowest BCUT2D eigenvalue weighted by atomic mass is 9.84. The molecule has 1 aliphatic heterocycles. The average molecular weight is 298 g/mol. The van der Waals surface area contributed by atoms with Gasteiger partial charge in [-0.15, -0.1) is 0 Å². The highest BCUT2D eigenvalue weighted by Gasteiger charge is 2.48. The number of rotatable bonds is 7. The second-order valence-electron chi connectivity index (χ2n) is 6.51. The predicted molar refractivity (Wildman–Crippen MR) is 82.5 cm³/mol. The fourth-order valence-corrected chi connectivity index (χ4v) is 4.04. The minimum Gasteiger partial charge on any atom is -0.480 e. The molecule has 0 aromatic heterocycles. The van der Waals surface area contributed by atoms with Crippen LogP contribution >= 0.6 is 0 Å². The van der Waals surface area contributed by atoms with Crippen molar-refractivity contribution in [2.75, 3.05) is 33.4 Å². The van der Waals surface area contributed by atoms with Crippen LogP contribution in [0, 0.1) is 5.92 Å². The van der Waals surface area contributed by atoms with Crippen molar-refractivity contribution >= 4 is 5.97 Å². The molecule has 122 valence electrons. The molecule has 2 N–H and O–H groups in total. The van der Waals surface area contributed by atoms with E-state index in [9.17, 15) is 9.90 Å². The third kappa shape index (κ3) is 3.76. The standard InChI is InChI=1S/C16H30N2O3/c1-3-17-16(15(19)20)9-4-5-13(16)6-10-18(2)14-7-11-21-12-8-14/h13-14,17H,3-12H2,1-2H3,(H,19,20). The van der Waals surface area contributed by atoms with Crippen LogP contribution in [0.4, 0.5) is 0 Å². The Morgan fingerprint density at radius 1 is 1.38 bits per heavy atom. The molecule has 0 bridgehead atoms. The van der Waals surface area contributed by atoms with E-state index in [4.69, 9.17) is 4.74 Å². The first kappa shape index (κ1) is 16.7. The van der Waals surface area contributed by atoms with Gasteiger partial charge in [-0.05, 0) is 58.2 Å². The van der Waals surface area contributed by atoms with Gasteiger partial charge in [0.1, 0.15) is 5.54 Å². The van der Waals surface area contributed by atoms with Crippen molar-refractivity contribution in [3.63, 3.8) is 0 Å². The summed E-state index contributed by atoms with van der Waals surface area (Å²) in [5, 5.41) is 13.0. The zero-order chi connectivity index (χ0) is 15.3. The fourth-order valence-electron chi connectivity index (χ4n) is 4.04. The van der Waals surface area contributed by atoms with Crippen LogP contribution in [0.1, 0.15) is 45.4 Å². The number of aliphatic carboxylic acids is 1. The number of nitrogens with zero attached hydrogens (tertiary/aromatic N) is 1. The van der Waals surface area contributed by atoms with Crippen LogP contribution in [0.3, 0.4) is 0 Å². The van der Waals surface area contributed by atoms with Gasteiger partial charge in [-0.2, -0.15) is 0 Å². The summed E-state index contributed by atoms with van der Waals surface area (Å²) < 4.78 is 5.41. The largest absolute Gasteiger partial charge is 0.480 e. The minimum atomic E-state index is -0.689. The molecule has 0 aromatic rings.